The van der Waals surface area contributed by atoms with Gasteiger partial charge in [-0.15, -0.1) is 12.4 Å². The number of nitrogens with one attached hydrogen (secondary N) is 1. The Kier molecular flexibility index (Phi) is 7.36. The number of amides is 1. The van der Waals surface area contributed by atoms with E-state index in [1.165, 1.54) is 19.1 Å². The number of nitrogens with two attached hydrogens (primary N) is 1. The Labute approximate surface area is 159 Å². The number of benzene rings is 1. The van der Waals surface area contributed by atoms with Crippen molar-refractivity contribution in [3.63, 3.8) is 0 Å². The number of carbonyl (C=O) groups excluding carboxylic acids is 1. The maximum absolute atomic E-state index is 12.3. The zero-order valence-electron chi connectivity index (χ0n) is 14.8. The number of halogens is 1. The lowest BCUT2D eigenvalue weighted by molar-refractivity contribution is 0.0949. The fourth-order valence-corrected chi connectivity index (χ4v) is 3.05. The van der Waals surface area contributed by atoms with Gasteiger partial charge in [-0.05, 0) is 37.8 Å². The number of hydrogen-bond acceptors (Lipinski definition) is 5. The Hall–Kier alpha value is -2.18. The Morgan fingerprint density at radius 2 is 2.12 bits per heavy atom. The van der Waals surface area contributed by atoms with Gasteiger partial charge in [0.25, 0.3) is 5.91 Å². The van der Waals surface area contributed by atoms with Crippen molar-refractivity contribution in [2.24, 2.45) is 5.73 Å². The molecule has 1 aliphatic carbocycles. The van der Waals surface area contributed by atoms with Gasteiger partial charge in [0.05, 0.1) is 25.3 Å². The number of rotatable bonds is 7. The summed E-state index contributed by atoms with van der Waals surface area (Å²) >= 11 is 0. The maximum Gasteiger partial charge on any atom is 0.254 e. The van der Waals surface area contributed by atoms with Crippen LogP contribution in [0.2, 0.25) is 0 Å². The predicted molar refractivity (Wildman–Crippen MR) is 101 cm³/mol. The molecule has 0 unspecified atom stereocenters. The van der Waals surface area contributed by atoms with E-state index < -0.39 is 0 Å². The van der Waals surface area contributed by atoms with Gasteiger partial charge in [0.15, 0.2) is 11.5 Å². The fourth-order valence-electron chi connectivity index (χ4n) is 3.05. The van der Waals surface area contributed by atoms with Crippen LogP contribution in [0.25, 0.3) is 0 Å². The summed E-state index contributed by atoms with van der Waals surface area (Å²) in [6, 6.07) is 7.36. The van der Waals surface area contributed by atoms with Crippen LogP contribution < -0.4 is 20.5 Å². The zero-order chi connectivity index (χ0) is 17.6. The second kappa shape index (κ2) is 9.50. The Balaban J connectivity index is 0.00000243. The highest BCUT2D eigenvalue weighted by molar-refractivity contribution is 5.93. The molecule has 0 radical (unpaired) electrons. The molecule has 6 nitrogen and oxygen atoms in total. The summed E-state index contributed by atoms with van der Waals surface area (Å²) in [6.45, 7) is 0.615. The Morgan fingerprint density at radius 3 is 2.77 bits per heavy atom. The molecule has 0 saturated heterocycles. The van der Waals surface area contributed by atoms with Gasteiger partial charge in [0.2, 0.25) is 0 Å². The van der Waals surface area contributed by atoms with Gasteiger partial charge in [-0.1, -0.05) is 12.1 Å². The summed E-state index contributed by atoms with van der Waals surface area (Å²) < 4.78 is 16.8. The maximum atomic E-state index is 12.3. The largest absolute Gasteiger partial charge is 0.493 e. The third-order valence-electron chi connectivity index (χ3n) is 4.42. The van der Waals surface area contributed by atoms with Gasteiger partial charge in [-0.3, -0.25) is 4.79 Å². The van der Waals surface area contributed by atoms with Gasteiger partial charge in [-0.25, -0.2) is 0 Å². The van der Waals surface area contributed by atoms with E-state index in [1.54, 1.807) is 13.2 Å². The van der Waals surface area contributed by atoms with Crippen molar-refractivity contribution in [3.05, 3.63) is 47.4 Å². The number of para-hydroxylation sites is 1. The minimum absolute atomic E-state index is 0. The van der Waals surface area contributed by atoms with Crippen LogP contribution in [-0.4, -0.2) is 19.1 Å². The molecule has 1 aliphatic rings. The van der Waals surface area contributed by atoms with E-state index in [9.17, 15) is 4.79 Å². The minimum Gasteiger partial charge on any atom is -0.493 e. The van der Waals surface area contributed by atoms with Gasteiger partial charge in [-0.2, -0.15) is 0 Å². The predicted octanol–water partition coefficient (Wildman–Crippen LogP) is 3.42. The average Bonchev–Trinajstić information content (AvgIpc) is 3.32. The van der Waals surface area contributed by atoms with Gasteiger partial charge in [0.1, 0.15) is 12.0 Å². The number of ether oxygens (including phenoxy) is 2. The summed E-state index contributed by atoms with van der Waals surface area (Å²) in [7, 11) is 1.62. The Morgan fingerprint density at radius 1 is 1.35 bits per heavy atom. The molecule has 26 heavy (non-hydrogen) atoms. The summed E-state index contributed by atoms with van der Waals surface area (Å²) in [5.74, 6) is 1.77. The highest BCUT2D eigenvalue weighted by atomic mass is 35.5. The lowest BCUT2D eigenvalue weighted by atomic mass is 10.1. The molecule has 3 N–H and O–H groups in total. The normalized spacial score (nSPS) is 13.9. The molecule has 0 bridgehead atoms. The molecule has 7 heteroatoms. The van der Waals surface area contributed by atoms with Crippen LogP contribution in [0, 0.1) is 0 Å². The molecule has 1 fully saturated rings. The summed E-state index contributed by atoms with van der Waals surface area (Å²) in [5, 5.41) is 2.89. The molecule has 1 amide bonds. The number of carbonyl (C=O) groups is 1. The molecule has 1 saturated carbocycles. The molecule has 1 aromatic carbocycles. The molecule has 0 aliphatic heterocycles. The molecule has 3 rings (SSSR count). The lowest BCUT2D eigenvalue weighted by Gasteiger charge is -2.19. The molecular formula is C19H25ClN2O4. The molecule has 142 valence electrons. The summed E-state index contributed by atoms with van der Waals surface area (Å²) in [5.41, 5.74) is 6.85. The van der Waals surface area contributed by atoms with Crippen molar-refractivity contribution in [3.8, 4) is 11.5 Å². The first kappa shape index (κ1) is 20.1. The van der Waals surface area contributed by atoms with Crippen LogP contribution in [0.1, 0.15) is 47.4 Å². The first-order chi connectivity index (χ1) is 12.2. The third kappa shape index (κ3) is 4.71. The van der Waals surface area contributed by atoms with Crippen molar-refractivity contribution in [2.75, 3.05) is 7.11 Å². The molecule has 0 spiro atoms. The van der Waals surface area contributed by atoms with E-state index in [4.69, 9.17) is 19.6 Å². The number of methoxy groups -OCH3 is 1. The summed E-state index contributed by atoms with van der Waals surface area (Å²) in [6.07, 6.45) is 6.12. The van der Waals surface area contributed by atoms with Crippen molar-refractivity contribution in [2.45, 2.75) is 44.9 Å². The third-order valence-corrected chi connectivity index (χ3v) is 4.42. The van der Waals surface area contributed by atoms with Crippen LogP contribution in [0.4, 0.5) is 0 Å². The van der Waals surface area contributed by atoms with Crippen LogP contribution >= 0.6 is 12.4 Å². The fraction of sp³-hybridized carbons (Fsp3) is 0.421. The first-order valence-corrected chi connectivity index (χ1v) is 8.59. The quantitative estimate of drug-likeness (QED) is 0.768. The minimum atomic E-state index is -0.210. The van der Waals surface area contributed by atoms with E-state index in [0.29, 0.717) is 29.4 Å². The average molecular weight is 381 g/mol. The summed E-state index contributed by atoms with van der Waals surface area (Å²) in [4.78, 5) is 12.3. The van der Waals surface area contributed by atoms with Crippen molar-refractivity contribution in [1.82, 2.24) is 5.32 Å². The number of furan rings is 1. The van der Waals surface area contributed by atoms with E-state index >= 15 is 0 Å². The molecule has 0 atom stereocenters. The van der Waals surface area contributed by atoms with E-state index in [0.717, 1.165) is 18.4 Å². The molecule has 1 aromatic heterocycles. The van der Waals surface area contributed by atoms with Gasteiger partial charge in [0, 0.05) is 12.1 Å². The van der Waals surface area contributed by atoms with Crippen LogP contribution in [0.3, 0.4) is 0 Å². The van der Waals surface area contributed by atoms with Crippen molar-refractivity contribution in [1.29, 1.82) is 0 Å². The molecular weight excluding hydrogens is 356 g/mol. The standard InChI is InChI=1S/C19H24N2O4.ClH/c1-23-17-8-4-5-13(18(17)25-15-6-2-3-7-15)11-21-19(22)14-9-16(10-20)24-12-14;/h4-5,8-9,12,15H,2-3,6-7,10-11,20H2,1H3,(H,21,22);1H. The van der Waals surface area contributed by atoms with E-state index in [-0.39, 0.29) is 31.0 Å². The lowest BCUT2D eigenvalue weighted by Crippen LogP contribution is -2.23. The highest BCUT2D eigenvalue weighted by Gasteiger charge is 2.21. The SMILES string of the molecule is COc1cccc(CNC(=O)c2coc(CN)c2)c1OC1CCCC1.Cl. The first-order valence-electron chi connectivity index (χ1n) is 8.59. The molecule has 2 aromatic rings. The highest BCUT2D eigenvalue weighted by Crippen LogP contribution is 2.34. The van der Waals surface area contributed by atoms with Crippen LogP contribution in [0.5, 0.6) is 11.5 Å². The monoisotopic (exact) mass is 380 g/mol. The topological polar surface area (TPSA) is 86.7 Å². The smallest absolute Gasteiger partial charge is 0.254 e. The van der Waals surface area contributed by atoms with Crippen LogP contribution in [-0.2, 0) is 13.1 Å². The van der Waals surface area contributed by atoms with Gasteiger partial charge < -0.3 is 24.9 Å². The Bertz CT molecular complexity index is 726. The van der Waals surface area contributed by atoms with Crippen molar-refractivity contribution >= 4 is 18.3 Å². The van der Waals surface area contributed by atoms with E-state index in [1.807, 2.05) is 18.2 Å². The zero-order valence-corrected chi connectivity index (χ0v) is 15.6. The van der Waals surface area contributed by atoms with E-state index in [2.05, 4.69) is 5.32 Å². The van der Waals surface area contributed by atoms with Gasteiger partial charge >= 0.3 is 0 Å². The van der Waals surface area contributed by atoms with Crippen LogP contribution in [0.15, 0.2) is 34.9 Å². The van der Waals surface area contributed by atoms with Crippen molar-refractivity contribution < 1.29 is 18.7 Å². The second-order valence-corrected chi connectivity index (χ2v) is 6.16. The molecule has 1 heterocycles. The number of hydrogen-bond donors (Lipinski definition) is 2. The second-order valence-electron chi connectivity index (χ2n) is 6.16.